The van der Waals surface area contributed by atoms with Gasteiger partial charge in [-0.2, -0.15) is 0 Å². The zero-order valence-corrected chi connectivity index (χ0v) is 8.57. The number of aldehydes is 1. The van der Waals surface area contributed by atoms with Gasteiger partial charge in [0.05, 0.1) is 5.69 Å². The average molecular weight is 222 g/mol. The normalized spacial score (nSPS) is 12.3. The zero-order valence-electron chi connectivity index (χ0n) is 8.57. The first-order valence-electron chi connectivity index (χ1n) is 4.58. The predicted molar refractivity (Wildman–Crippen MR) is 55.9 cm³/mol. The van der Waals surface area contributed by atoms with E-state index in [4.69, 9.17) is 15.2 Å². The molecule has 16 heavy (non-hydrogen) atoms. The summed E-state index contributed by atoms with van der Waals surface area (Å²) in [6, 6.07) is 0.777. The largest absolute Gasteiger partial charge is 0.453 e. The third kappa shape index (κ3) is 1.54. The summed E-state index contributed by atoms with van der Waals surface area (Å²) in [6.07, 6.45) is 0.684. The molecule has 1 heterocycles. The quantitative estimate of drug-likeness (QED) is 0.731. The lowest BCUT2D eigenvalue weighted by Crippen LogP contribution is -2.19. The second-order valence-electron chi connectivity index (χ2n) is 3.31. The van der Waals surface area contributed by atoms with Crippen LogP contribution in [0.3, 0.4) is 0 Å². The van der Waals surface area contributed by atoms with E-state index in [1.807, 2.05) is 0 Å². The SMILES string of the molecule is Cc1c(C=O)cc(NC(N)=O)c2c1OCO2. The molecule has 0 saturated carbocycles. The van der Waals surface area contributed by atoms with Crippen molar-refractivity contribution in [3.05, 3.63) is 17.2 Å². The van der Waals surface area contributed by atoms with Gasteiger partial charge in [-0.15, -0.1) is 0 Å². The van der Waals surface area contributed by atoms with Crippen LogP contribution < -0.4 is 20.5 Å². The molecule has 1 aromatic carbocycles. The van der Waals surface area contributed by atoms with Crippen LogP contribution in [0.5, 0.6) is 11.5 Å². The number of nitrogens with two attached hydrogens (primary N) is 1. The third-order valence-electron chi connectivity index (χ3n) is 2.32. The van der Waals surface area contributed by atoms with Crippen molar-refractivity contribution in [2.45, 2.75) is 6.92 Å². The van der Waals surface area contributed by atoms with Crippen LogP contribution >= 0.6 is 0 Å². The Labute approximate surface area is 91.3 Å². The number of hydrogen-bond acceptors (Lipinski definition) is 4. The van der Waals surface area contributed by atoms with E-state index >= 15 is 0 Å². The fourth-order valence-corrected chi connectivity index (χ4v) is 1.57. The highest BCUT2D eigenvalue weighted by Crippen LogP contribution is 2.43. The van der Waals surface area contributed by atoms with Crippen LogP contribution in [-0.2, 0) is 0 Å². The van der Waals surface area contributed by atoms with Crippen molar-refractivity contribution in [2.75, 3.05) is 12.1 Å². The molecule has 0 saturated heterocycles. The molecule has 0 unspecified atom stereocenters. The molecule has 0 aromatic heterocycles. The van der Waals surface area contributed by atoms with Crippen molar-refractivity contribution in [3.63, 3.8) is 0 Å². The minimum absolute atomic E-state index is 0.0614. The van der Waals surface area contributed by atoms with Gasteiger partial charge in [0.2, 0.25) is 6.79 Å². The molecule has 2 amide bonds. The topological polar surface area (TPSA) is 90.7 Å². The molecule has 1 aliphatic rings. The van der Waals surface area contributed by atoms with Crippen LogP contribution in [0.4, 0.5) is 10.5 Å². The highest BCUT2D eigenvalue weighted by Gasteiger charge is 2.23. The summed E-state index contributed by atoms with van der Waals surface area (Å²) in [5, 5.41) is 2.38. The average Bonchev–Trinajstić information content (AvgIpc) is 2.70. The summed E-state index contributed by atoms with van der Waals surface area (Å²) in [5.74, 6) is 0.871. The van der Waals surface area contributed by atoms with E-state index in [2.05, 4.69) is 5.32 Å². The second kappa shape index (κ2) is 3.73. The first-order valence-corrected chi connectivity index (χ1v) is 4.58. The van der Waals surface area contributed by atoms with Crippen LogP contribution in [0.2, 0.25) is 0 Å². The molecule has 2 rings (SSSR count). The Kier molecular flexibility index (Phi) is 2.40. The maximum Gasteiger partial charge on any atom is 0.316 e. The van der Waals surface area contributed by atoms with E-state index in [9.17, 15) is 9.59 Å². The summed E-state index contributed by atoms with van der Waals surface area (Å²) in [7, 11) is 0. The molecule has 0 atom stereocenters. The lowest BCUT2D eigenvalue weighted by Gasteiger charge is -2.09. The van der Waals surface area contributed by atoms with Crippen LogP contribution in [0.15, 0.2) is 6.07 Å². The maximum atomic E-state index is 10.8. The van der Waals surface area contributed by atoms with Crippen LogP contribution in [0.1, 0.15) is 15.9 Å². The first-order chi connectivity index (χ1) is 7.63. The highest BCUT2D eigenvalue weighted by atomic mass is 16.7. The molecule has 0 bridgehead atoms. The molecule has 0 aliphatic carbocycles. The van der Waals surface area contributed by atoms with Crippen molar-refractivity contribution in [2.24, 2.45) is 5.73 Å². The molecule has 1 aromatic rings. The number of urea groups is 1. The number of nitrogens with one attached hydrogen (secondary N) is 1. The molecule has 6 heteroatoms. The van der Waals surface area contributed by atoms with Crippen LogP contribution in [0, 0.1) is 6.92 Å². The Morgan fingerprint density at radius 2 is 2.19 bits per heavy atom. The summed E-state index contributed by atoms with van der Waals surface area (Å²) < 4.78 is 10.4. The van der Waals surface area contributed by atoms with Gasteiger partial charge in [0.25, 0.3) is 0 Å². The van der Waals surface area contributed by atoms with Gasteiger partial charge in [-0.3, -0.25) is 4.79 Å². The van der Waals surface area contributed by atoms with Gasteiger partial charge in [-0.1, -0.05) is 0 Å². The molecule has 3 N–H and O–H groups in total. The molecular formula is C10H10N2O4. The minimum atomic E-state index is -0.724. The van der Waals surface area contributed by atoms with Gasteiger partial charge in [-0.25, -0.2) is 4.79 Å². The highest BCUT2D eigenvalue weighted by molar-refractivity contribution is 5.93. The number of rotatable bonds is 2. The second-order valence-corrected chi connectivity index (χ2v) is 3.31. The number of carbonyl (C=O) groups is 2. The Bertz CT molecular complexity index is 470. The number of amides is 2. The van der Waals surface area contributed by atoms with Crippen LogP contribution in [0.25, 0.3) is 0 Å². The lowest BCUT2D eigenvalue weighted by atomic mass is 10.1. The van der Waals surface area contributed by atoms with Gasteiger partial charge in [0.1, 0.15) is 0 Å². The molecular weight excluding hydrogens is 212 g/mol. The van der Waals surface area contributed by atoms with Gasteiger partial charge < -0.3 is 20.5 Å². The summed E-state index contributed by atoms with van der Waals surface area (Å²) in [6.45, 7) is 1.80. The van der Waals surface area contributed by atoms with E-state index in [0.29, 0.717) is 34.6 Å². The van der Waals surface area contributed by atoms with Crippen molar-refractivity contribution in [3.8, 4) is 11.5 Å². The fourth-order valence-electron chi connectivity index (χ4n) is 1.57. The Balaban J connectivity index is 2.56. The molecule has 0 spiro atoms. The summed E-state index contributed by atoms with van der Waals surface area (Å²) in [5.41, 5.74) is 6.46. The molecule has 1 aliphatic heterocycles. The number of hydrogen-bond donors (Lipinski definition) is 2. The van der Waals surface area contributed by atoms with Gasteiger partial charge >= 0.3 is 6.03 Å². The van der Waals surface area contributed by atoms with Gasteiger partial charge in [-0.05, 0) is 13.0 Å². The van der Waals surface area contributed by atoms with E-state index in [1.54, 1.807) is 6.92 Å². The third-order valence-corrected chi connectivity index (χ3v) is 2.32. The van der Waals surface area contributed by atoms with Crippen molar-refractivity contribution in [1.29, 1.82) is 0 Å². The Morgan fingerprint density at radius 3 is 2.81 bits per heavy atom. The monoisotopic (exact) mass is 222 g/mol. The summed E-state index contributed by atoms with van der Waals surface area (Å²) >= 11 is 0. The first kappa shape index (κ1) is 10.3. The van der Waals surface area contributed by atoms with Crippen molar-refractivity contribution < 1.29 is 19.1 Å². The summed E-state index contributed by atoms with van der Waals surface area (Å²) in [4.78, 5) is 21.6. The number of fused-ring (bicyclic) bond motifs is 1. The Morgan fingerprint density at radius 1 is 1.50 bits per heavy atom. The zero-order chi connectivity index (χ0) is 11.7. The Hall–Kier alpha value is -2.24. The number of anilines is 1. The predicted octanol–water partition coefficient (Wildman–Crippen LogP) is 1.03. The van der Waals surface area contributed by atoms with Gasteiger partial charge in [0, 0.05) is 11.1 Å². The smallest absolute Gasteiger partial charge is 0.316 e. The molecule has 0 fully saturated rings. The maximum absolute atomic E-state index is 10.8. The number of benzene rings is 1. The van der Waals surface area contributed by atoms with Crippen LogP contribution in [-0.4, -0.2) is 19.1 Å². The fraction of sp³-hybridized carbons (Fsp3) is 0.200. The standard InChI is InChI=1S/C10H10N2O4/c1-5-6(3-13)2-7(12-10(11)14)9-8(5)15-4-16-9/h2-3H,4H2,1H3,(H3,11,12,14). The number of primary amides is 1. The van der Waals surface area contributed by atoms with Crippen molar-refractivity contribution >= 4 is 18.0 Å². The lowest BCUT2D eigenvalue weighted by molar-refractivity contribution is 0.112. The molecule has 6 nitrogen and oxygen atoms in total. The van der Waals surface area contributed by atoms with E-state index < -0.39 is 6.03 Å². The van der Waals surface area contributed by atoms with E-state index in [1.165, 1.54) is 6.07 Å². The van der Waals surface area contributed by atoms with Gasteiger partial charge in [0.15, 0.2) is 17.8 Å². The minimum Gasteiger partial charge on any atom is -0.453 e. The molecule has 84 valence electrons. The van der Waals surface area contributed by atoms with E-state index in [-0.39, 0.29) is 6.79 Å². The van der Waals surface area contributed by atoms with Crippen molar-refractivity contribution in [1.82, 2.24) is 0 Å². The molecule has 0 radical (unpaired) electrons. The van der Waals surface area contributed by atoms with E-state index in [0.717, 1.165) is 0 Å². The number of carbonyl (C=O) groups excluding carboxylic acids is 2. The number of ether oxygens (including phenoxy) is 2.